The number of carbonyl (C=O) groups excluding carboxylic acids is 1. The molecule has 1 atom stereocenters. The number of amides is 1. The first kappa shape index (κ1) is 19.6. The van der Waals surface area contributed by atoms with Gasteiger partial charge in [0.25, 0.3) is 5.95 Å². The third-order valence-electron chi connectivity index (χ3n) is 4.38. The van der Waals surface area contributed by atoms with Crippen LogP contribution in [0.2, 0.25) is 0 Å². The van der Waals surface area contributed by atoms with Crippen LogP contribution in [-0.4, -0.2) is 43.6 Å². The lowest BCUT2D eigenvalue weighted by atomic mass is 10.1. The van der Waals surface area contributed by atoms with Gasteiger partial charge in [0.05, 0.1) is 24.1 Å². The molecular weight excluding hydrogens is 328 g/mol. The Morgan fingerprint density at radius 3 is 2.42 bits per heavy atom. The number of likely N-dealkylation sites (N-methyl/N-ethyl adjacent to an activating group) is 1. The van der Waals surface area contributed by atoms with Crippen LogP contribution >= 0.6 is 0 Å². The first-order chi connectivity index (χ1) is 12.3. The van der Waals surface area contributed by atoms with Gasteiger partial charge in [0.15, 0.2) is 0 Å². The predicted molar refractivity (Wildman–Crippen MR) is 98.8 cm³/mol. The molecule has 0 saturated heterocycles. The van der Waals surface area contributed by atoms with Crippen LogP contribution in [0.3, 0.4) is 0 Å². The monoisotopic (exact) mass is 354 g/mol. The van der Waals surface area contributed by atoms with Crippen LogP contribution in [0.5, 0.6) is 0 Å². The molecule has 0 bridgehead atoms. The summed E-state index contributed by atoms with van der Waals surface area (Å²) in [5.74, 6) is 0.335. The maximum Gasteiger partial charge on any atom is 0.251 e. The molecule has 1 amide bonds. The minimum absolute atomic E-state index is 0.00157. The predicted octanol–water partition coefficient (Wildman–Crippen LogP) is 2.45. The first-order valence-electron chi connectivity index (χ1n) is 8.81. The van der Waals surface area contributed by atoms with Gasteiger partial charge < -0.3 is 4.90 Å². The maximum atomic E-state index is 12.7. The van der Waals surface area contributed by atoms with E-state index < -0.39 is 0 Å². The molecule has 0 aliphatic heterocycles. The van der Waals surface area contributed by atoms with E-state index in [-0.39, 0.29) is 18.2 Å². The largest absolute Gasteiger partial charge is 0.341 e. The summed E-state index contributed by atoms with van der Waals surface area (Å²) < 4.78 is 1.70. The summed E-state index contributed by atoms with van der Waals surface area (Å²) in [6.07, 6.45) is 0.258. The Bertz CT molecular complexity index is 828. The second-order valence-corrected chi connectivity index (χ2v) is 6.65. The van der Waals surface area contributed by atoms with Gasteiger partial charge in [-0.2, -0.15) is 10.4 Å². The molecule has 0 aliphatic rings. The van der Waals surface area contributed by atoms with Crippen molar-refractivity contribution in [3.05, 3.63) is 34.4 Å². The van der Waals surface area contributed by atoms with Gasteiger partial charge in [-0.15, -0.1) is 0 Å². The molecule has 0 N–H and O–H groups in total. The molecule has 26 heavy (non-hydrogen) atoms. The first-order valence-corrected chi connectivity index (χ1v) is 8.81. The molecule has 2 aromatic rings. The highest BCUT2D eigenvalue weighted by Gasteiger charge is 2.21. The summed E-state index contributed by atoms with van der Waals surface area (Å²) in [6.45, 7) is 12.4. The molecular formula is C19H26N6O. The topological polar surface area (TPSA) is 87.7 Å². The van der Waals surface area contributed by atoms with Gasteiger partial charge in [0.2, 0.25) is 5.91 Å². The number of nitriles is 1. The van der Waals surface area contributed by atoms with Crippen LogP contribution in [0, 0.1) is 44.9 Å². The van der Waals surface area contributed by atoms with Gasteiger partial charge >= 0.3 is 0 Å². The Labute approximate surface area is 154 Å². The zero-order valence-electron chi connectivity index (χ0n) is 16.4. The van der Waals surface area contributed by atoms with Crippen LogP contribution in [-0.2, 0) is 11.2 Å². The van der Waals surface area contributed by atoms with Crippen molar-refractivity contribution in [2.75, 3.05) is 13.1 Å². The Kier molecular flexibility index (Phi) is 6.09. The highest BCUT2D eigenvalue weighted by molar-refractivity contribution is 5.79. The highest BCUT2D eigenvalue weighted by Crippen LogP contribution is 2.18. The van der Waals surface area contributed by atoms with Crippen molar-refractivity contribution in [3.63, 3.8) is 0 Å². The molecule has 0 spiro atoms. The maximum absolute atomic E-state index is 12.7. The van der Waals surface area contributed by atoms with Crippen molar-refractivity contribution in [2.24, 2.45) is 5.92 Å². The fourth-order valence-corrected chi connectivity index (χ4v) is 2.97. The normalized spacial score (nSPS) is 11.9. The summed E-state index contributed by atoms with van der Waals surface area (Å²) >= 11 is 0. The minimum atomic E-state index is -0.188. The second kappa shape index (κ2) is 8.09. The lowest BCUT2D eigenvalue weighted by molar-refractivity contribution is -0.130. The van der Waals surface area contributed by atoms with Crippen molar-refractivity contribution in [1.29, 1.82) is 5.26 Å². The zero-order chi connectivity index (χ0) is 19.4. The number of carbonyl (C=O) groups is 1. The van der Waals surface area contributed by atoms with E-state index in [1.807, 2.05) is 47.6 Å². The van der Waals surface area contributed by atoms with Crippen LogP contribution in [0.4, 0.5) is 0 Å². The molecule has 0 aliphatic carbocycles. The third kappa shape index (κ3) is 4.26. The smallest absolute Gasteiger partial charge is 0.251 e. The summed E-state index contributed by atoms with van der Waals surface area (Å²) in [4.78, 5) is 23.3. The van der Waals surface area contributed by atoms with Gasteiger partial charge in [-0.25, -0.2) is 14.6 Å². The number of hydrogen-bond acceptors (Lipinski definition) is 5. The molecule has 0 radical (unpaired) electrons. The minimum Gasteiger partial charge on any atom is -0.341 e. The number of aryl methyl sites for hydroxylation is 3. The van der Waals surface area contributed by atoms with E-state index in [0.717, 1.165) is 28.3 Å². The summed E-state index contributed by atoms with van der Waals surface area (Å²) in [6, 6.07) is 4.09. The van der Waals surface area contributed by atoms with Crippen molar-refractivity contribution in [2.45, 2.75) is 48.0 Å². The fourth-order valence-electron chi connectivity index (χ4n) is 2.97. The molecule has 0 saturated carbocycles. The Morgan fingerprint density at radius 1 is 1.27 bits per heavy atom. The van der Waals surface area contributed by atoms with E-state index in [1.54, 1.807) is 9.58 Å². The van der Waals surface area contributed by atoms with Crippen molar-refractivity contribution in [3.8, 4) is 12.0 Å². The molecule has 0 fully saturated rings. The average Bonchev–Trinajstić information content (AvgIpc) is 2.86. The van der Waals surface area contributed by atoms with Crippen LogP contribution in [0.25, 0.3) is 5.95 Å². The van der Waals surface area contributed by atoms with E-state index in [4.69, 9.17) is 5.26 Å². The van der Waals surface area contributed by atoms with Crippen molar-refractivity contribution >= 4 is 5.91 Å². The SMILES string of the molecule is CCN(CC(C)C#N)C(=O)Cc1c(C)nn(-c2nc(C)cc(C)n2)c1C. The van der Waals surface area contributed by atoms with Crippen LogP contribution in [0.15, 0.2) is 6.07 Å². The molecule has 7 nitrogen and oxygen atoms in total. The summed E-state index contributed by atoms with van der Waals surface area (Å²) in [5.41, 5.74) is 4.30. The van der Waals surface area contributed by atoms with Crippen LogP contribution in [0.1, 0.15) is 42.2 Å². The lowest BCUT2D eigenvalue weighted by Gasteiger charge is -2.22. The Morgan fingerprint density at radius 2 is 1.88 bits per heavy atom. The van der Waals surface area contributed by atoms with Crippen molar-refractivity contribution < 1.29 is 4.79 Å². The van der Waals surface area contributed by atoms with E-state index in [2.05, 4.69) is 21.1 Å². The molecule has 1 unspecified atom stereocenters. The molecule has 2 aromatic heterocycles. The second-order valence-electron chi connectivity index (χ2n) is 6.65. The van der Waals surface area contributed by atoms with Gasteiger partial charge in [-0.3, -0.25) is 4.79 Å². The number of nitrogens with zero attached hydrogens (tertiary/aromatic N) is 6. The quantitative estimate of drug-likeness (QED) is 0.795. The molecule has 138 valence electrons. The average molecular weight is 354 g/mol. The Balaban J connectivity index is 2.30. The van der Waals surface area contributed by atoms with Crippen LogP contribution < -0.4 is 0 Å². The third-order valence-corrected chi connectivity index (χ3v) is 4.38. The van der Waals surface area contributed by atoms with Crippen molar-refractivity contribution in [1.82, 2.24) is 24.6 Å². The van der Waals surface area contributed by atoms with E-state index in [0.29, 0.717) is 19.0 Å². The lowest BCUT2D eigenvalue weighted by Crippen LogP contribution is -2.35. The molecule has 2 heterocycles. The van der Waals surface area contributed by atoms with Gasteiger partial charge in [0.1, 0.15) is 0 Å². The Hall–Kier alpha value is -2.75. The number of hydrogen-bond donors (Lipinski definition) is 0. The summed E-state index contributed by atoms with van der Waals surface area (Å²) in [7, 11) is 0. The van der Waals surface area contributed by atoms with E-state index in [1.165, 1.54) is 0 Å². The van der Waals surface area contributed by atoms with Gasteiger partial charge in [-0.1, -0.05) is 0 Å². The van der Waals surface area contributed by atoms with Gasteiger partial charge in [0, 0.05) is 35.7 Å². The molecule has 0 aromatic carbocycles. The fraction of sp³-hybridized carbons (Fsp3) is 0.526. The summed E-state index contributed by atoms with van der Waals surface area (Å²) in [5, 5.41) is 13.5. The van der Waals surface area contributed by atoms with Gasteiger partial charge in [-0.05, 0) is 47.6 Å². The molecule has 2 rings (SSSR count). The number of aromatic nitrogens is 4. The zero-order valence-corrected chi connectivity index (χ0v) is 16.4. The van der Waals surface area contributed by atoms with E-state index in [9.17, 15) is 4.79 Å². The molecule has 7 heteroatoms. The number of rotatable bonds is 6. The van der Waals surface area contributed by atoms with E-state index >= 15 is 0 Å². The highest BCUT2D eigenvalue weighted by atomic mass is 16.2. The standard InChI is InChI=1S/C19H26N6O/c1-7-24(11-12(2)10-20)18(26)9-17-15(5)23-25(16(17)6)19-21-13(3)8-14(4)22-19/h8,12H,7,9,11H2,1-6H3.